The third kappa shape index (κ3) is 2.41. The average Bonchev–Trinajstić information content (AvgIpc) is 2.26. The van der Waals surface area contributed by atoms with E-state index in [-0.39, 0.29) is 11.5 Å². The highest BCUT2D eigenvalue weighted by Gasteiger charge is 2.51. The van der Waals surface area contributed by atoms with Gasteiger partial charge in [0.05, 0.1) is 14.2 Å². The van der Waals surface area contributed by atoms with Gasteiger partial charge in [-0.1, -0.05) is 6.07 Å². The van der Waals surface area contributed by atoms with E-state index in [1.165, 1.54) is 32.4 Å². The summed E-state index contributed by atoms with van der Waals surface area (Å²) in [5.74, 6) is -5.01. The van der Waals surface area contributed by atoms with Crippen molar-refractivity contribution in [2.24, 2.45) is 0 Å². The fourth-order valence-electron chi connectivity index (χ4n) is 1.38. The number of hydrogen-bond donors (Lipinski definition) is 0. The summed E-state index contributed by atoms with van der Waals surface area (Å²) in [6, 6.07) is 4.11. The molecule has 0 bridgehead atoms. The van der Waals surface area contributed by atoms with Gasteiger partial charge in [-0.3, -0.25) is 0 Å². The van der Waals surface area contributed by atoms with Crippen molar-refractivity contribution in [2.45, 2.75) is 5.92 Å². The molecule has 3 nitrogen and oxygen atoms in total. The first-order chi connectivity index (χ1) is 7.75. The average molecular weight is 268 g/mol. The summed E-state index contributed by atoms with van der Waals surface area (Å²) in [5, 5.41) is -0.433. The molecule has 0 aromatic heterocycles. The molecule has 0 saturated heterocycles. The first-order valence-corrected chi connectivity index (χ1v) is 6.77. The first kappa shape index (κ1) is 13.9. The summed E-state index contributed by atoms with van der Waals surface area (Å²) < 4.78 is 59.9. The summed E-state index contributed by atoms with van der Waals surface area (Å²) in [5.41, 5.74) is 0. The SMILES string of the molecule is COc1cccc(OC)c1[P@](C)(=O)C(F)(F)F. The van der Waals surface area contributed by atoms with Crippen molar-refractivity contribution in [3.63, 3.8) is 0 Å². The van der Waals surface area contributed by atoms with E-state index in [0.717, 1.165) is 0 Å². The smallest absolute Gasteiger partial charge is 0.443 e. The van der Waals surface area contributed by atoms with Gasteiger partial charge in [-0.05, 0) is 12.1 Å². The van der Waals surface area contributed by atoms with E-state index >= 15 is 0 Å². The van der Waals surface area contributed by atoms with Crippen LogP contribution in [0.15, 0.2) is 18.2 Å². The summed E-state index contributed by atoms with van der Waals surface area (Å²) in [4.78, 5) is 0. The fourth-order valence-corrected chi connectivity index (χ4v) is 2.81. The van der Waals surface area contributed by atoms with Crippen molar-refractivity contribution in [1.29, 1.82) is 0 Å². The van der Waals surface area contributed by atoms with Crippen molar-refractivity contribution in [2.75, 3.05) is 20.9 Å². The van der Waals surface area contributed by atoms with Gasteiger partial charge in [-0.25, -0.2) is 0 Å². The number of rotatable bonds is 3. The van der Waals surface area contributed by atoms with E-state index in [4.69, 9.17) is 9.47 Å². The second-order valence-electron chi connectivity index (χ2n) is 3.40. The Morgan fingerprint density at radius 1 is 1.12 bits per heavy atom. The molecule has 0 aliphatic rings. The summed E-state index contributed by atoms with van der Waals surface area (Å²) in [7, 11) is -2.15. The molecule has 0 aliphatic carbocycles. The van der Waals surface area contributed by atoms with E-state index in [9.17, 15) is 17.7 Å². The van der Waals surface area contributed by atoms with Crippen LogP contribution in [-0.2, 0) is 4.57 Å². The van der Waals surface area contributed by atoms with Gasteiger partial charge in [0.15, 0.2) is 0 Å². The van der Waals surface area contributed by atoms with Gasteiger partial charge < -0.3 is 14.0 Å². The topological polar surface area (TPSA) is 35.5 Å². The van der Waals surface area contributed by atoms with Crippen LogP contribution in [0.2, 0.25) is 0 Å². The Hall–Kier alpha value is -1.16. The van der Waals surface area contributed by atoms with Crippen LogP contribution in [0.1, 0.15) is 0 Å². The van der Waals surface area contributed by atoms with E-state index in [0.29, 0.717) is 6.66 Å². The van der Waals surface area contributed by atoms with Gasteiger partial charge >= 0.3 is 5.92 Å². The molecule has 1 rings (SSSR count). The largest absolute Gasteiger partial charge is 0.496 e. The van der Waals surface area contributed by atoms with E-state index in [2.05, 4.69) is 0 Å². The van der Waals surface area contributed by atoms with Crippen LogP contribution in [0.25, 0.3) is 0 Å². The Balaban J connectivity index is 3.54. The molecule has 17 heavy (non-hydrogen) atoms. The Morgan fingerprint density at radius 2 is 1.53 bits per heavy atom. The summed E-state index contributed by atoms with van der Waals surface area (Å²) in [6.45, 7) is 0.660. The van der Waals surface area contributed by atoms with Gasteiger partial charge in [0, 0.05) is 6.66 Å². The van der Waals surface area contributed by atoms with Crippen LogP contribution in [0.4, 0.5) is 13.2 Å². The van der Waals surface area contributed by atoms with Crippen molar-refractivity contribution in [1.82, 2.24) is 0 Å². The molecule has 0 saturated carbocycles. The fraction of sp³-hybridized carbons (Fsp3) is 0.400. The maximum Gasteiger partial charge on any atom is 0.443 e. The second-order valence-corrected chi connectivity index (χ2v) is 6.21. The molecule has 1 aromatic rings. The molecule has 96 valence electrons. The van der Waals surface area contributed by atoms with Crippen LogP contribution in [-0.4, -0.2) is 26.8 Å². The van der Waals surface area contributed by atoms with Crippen LogP contribution >= 0.6 is 7.14 Å². The van der Waals surface area contributed by atoms with E-state index in [1.807, 2.05) is 0 Å². The third-order valence-corrected chi connectivity index (χ3v) is 4.57. The Labute approximate surface area is 96.9 Å². The highest BCUT2D eigenvalue weighted by Crippen LogP contribution is 2.59. The van der Waals surface area contributed by atoms with Crippen LogP contribution in [0, 0.1) is 0 Å². The number of alkyl halides is 3. The molecule has 0 fully saturated rings. The molecule has 0 amide bonds. The third-order valence-electron chi connectivity index (χ3n) is 2.31. The number of ether oxygens (including phenoxy) is 2. The maximum absolute atomic E-state index is 12.8. The lowest BCUT2D eigenvalue weighted by Crippen LogP contribution is -2.21. The van der Waals surface area contributed by atoms with Gasteiger partial charge in [-0.15, -0.1) is 0 Å². The van der Waals surface area contributed by atoms with Gasteiger partial charge in [0.1, 0.15) is 16.8 Å². The first-order valence-electron chi connectivity index (χ1n) is 4.61. The number of halogens is 3. The molecule has 0 radical (unpaired) electrons. The Kier molecular flexibility index (Phi) is 3.77. The monoisotopic (exact) mass is 268 g/mol. The predicted octanol–water partition coefficient (Wildman–Crippen LogP) is 2.84. The molecule has 1 aromatic carbocycles. The zero-order valence-corrected chi connectivity index (χ0v) is 10.4. The molecular formula is C10H12F3O3P. The molecular weight excluding hydrogens is 256 g/mol. The van der Waals surface area contributed by atoms with Gasteiger partial charge in [-0.2, -0.15) is 13.2 Å². The molecule has 0 N–H and O–H groups in total. The minimum atomic E-state index is -4.82. The molecule has 0 aliphatic heterocycles. The molecule has 0 heterocycles. The lowest BCUT2D eigenvalue weighted by Gasteiger charge is -2.21. The predicted molar refractivity (Wildman–Crippen MR) is 58.8 cm³/mol. The summed E-state index contributed by atoms with van der Waals surface area (Å²) in [6.07, 6.45) is 0. The minimum absolute atomic E-state index is 0.0903. The zero-order chi connectivity index (χ0) is 13.3. The molecule has 0 spiro atoms. The zero-order valence-electron chi connectivity index (χ0n) is 9.54. The van der Waals surface area contributed by atoms with Crippen molar-refractivity contribution in [3.05, 3.63) is 18.2 Å². The quantitative estimate of drug-likeness (QED) is 0.791. The molecule has 1 atom stereocenters. The van der Waals surface area contributed by atoms with E-state index < -0.39 is 18.4 Å². The maximum atomic E-state index is 12.8. The second kappa shape index (κ2) is 4.61. The standard InChI is InChI=1S/C10H12F3O3P/c1-15-7-5-4-6-8(16-2)9(7)17(3,14)10(11,12)13/h4-6H,1-3H3/t17-/m0/s1. The van der Waals surface area contributed by atoms with Crippen molar-refractivity contribution in [3.8, 4) is 11.5 Å². The van der Waals surface area contributed by atoms with Gasteiger partial charge in [0.25, 0.3) is 0 Å². The Bertz CT molecular complexity index is 434. The van der Waals surface area contributed by atoms with Crippen molar-refractivity contribution >= 4 is 12.4 Å². The van der Waals surface area contributed by atoms with E-state index in [1.54, 1.807) is 0 Å². The van der Waals surface area contributed by atoms with Crippen LogP contribution in [0.5, 0.6) is 11.5 Å². The normalized spacial score (nSPS) is 15.2. The summed E-state index contributed by atoms with van der Waals surface area (Å²) >= 11 is 0. The lowest BCUT2D eigenvalue weighted by molar-refractivity contribution is -0.0446. The van der Waals surface area contributed by atoms with Crippen LogP contribution in [0.3, 0.4) is 0 Å². The number of methoxy groups -OCH3 is 2. The highest BCUT2D eigenvalue weighted by atomic mass is 31.2. The molecule has 7 heteroatoms. The lowest BCUT2D eigenvalue weighted by atomic mass is 10.3. The number of hydrogen-bond acceptors (Lipinski definition) is 3. The van der Waals surface area contributed by atoms with Crippen LogP contribution < -0.4 is 14.8 Å². The molecule has 0 unspecified atom stereocenters. The highest BCUT2D eigenvalue weighted by molar-refractivity contribution is 7.72. The Morgan fingerprint density at radius 3 is 1.82 bits per heavy atom. The van der Waals surface area contributed by atoms with Crippen molar-refractivity contribution < 1.29 is 27.2 Å². The number of benzene rings is 1. The van der Waals surface area contributed by atoms with Gasteiger partial charge in [0.2, 0.25) is 7.14 Å². The minimum Gasteiger partial charge on any atom is -0.496 e.